The molecule has 1 aromatic rings. The predicted molar refractivity (Wildman–Crippen MR) is 83.3 cm³/mol. The van der Waals surface area contributed by atoms with Gasteiger partial charge in [0.1, 0.15) is 12.4 Å². The van der Waals surface area contributed by atoms with Crippen molar-refractivity contribution in [3.8, 4) is 11.8 Å². The molecule has 0 aromatic heterocycles. The van der Waals surface area contributed by atoms with Gasteiger partial charge in [-0.2, -0.15) is 0 Å². The van der Waals surface area contributed by atoms with Crippen molar-refractivity contribution in [1.29, 1.82) is 0 Å². The van der Waals surface area contributed by atoms with Gasteiger partial charge in [-0.05, 0) is 62.4 Å². The summed E-state index contributed by atoms with van der Waals surface area (Å²) < 4.78 is 13.7. The van der Waals surface area contributed by atoms with Gasteiger partial charge < -0.3 is 5.11 Å². The minimum atomic E-state index is -0.264. The summed E-state index contributed by atoms with van der Waals surface area (Å²) in [6.45, 7) is 2.85. The van der Waals surface area contributed by atoms with Crippen LogP contribution in [0.25, 0.3) is 0 Å². The van der Waals surface area contributed by atoms with Crippen LogP contribution in [0.2, 0.25) is 0 Å². The SMILES string of the molecule is CC1CCC(N(C)Cc2cc(F)cc(C#CCO)c2)CC1. The lowest BCUT2D eigenvalue weighted by atomic mass is 9.86. The molecule has 114 valence electrons. The van der Waals surface area contributed by atoms with Crippen molar-refractivity contribution < 1.29 is 9.50 Å². The van der Waals surface area contributed by atoms with Crippen molar-refractivity contribution >= 4 is 0 Å². The number of aliphatic hydroxyl groups excluding tert-OH is 1. The van der Waals surface area contributed by atoms with Gasteiger partial charge in [0.15, 0.2) is 0 Å². The molecule has 0 bridgehead atoms. The highest BCUT2D eigenvalue weighted by Crippen LogP contribution is 2.27. The lowest BCUT2D eigenvalue weighted by Gasteiger charge is -2.33. The lowest BCUT2D eigenvalue weighted by molar-refractivity contribution is 0.164. The highest BCUT2D eigenvalue weighted by Gasteiger charge is 2.21. The van der Waals surface area contributed by atoms with E-state index in [4.69, 9.17) is 5.11 Å². The number of hydrogen-bond donors (Lipinski definition) is 1. The fourth-order valence-electron chi connectivity index (χ4n) is 3.06. The molecule has 1 aliphatic carbocycles. The minimum absolute atomic E-state index is 0.202. The number of hydrogen-bond acceptors (Lipinski definition) is 2. The molecule has 0 radical (unpaired) electrons. The molecular weight excluding hydrogens is 265 g/mol. The lowest BCUT2D eigenvalue weighted by Crippen LogP contribution is -2.34. The highest BCUT2D eigenvalue weighted by atomic mass is 19.1. The molecule has 2 rings (SSSR count). The van der Waals surface area contributed by atoms with E-state index in [1.54, 1.807) is 6.07 Å². The summed E-state index contributed by atoms with van der Waals surface area (Å²) in [7, 11) is 2.12. The first kappa shape index (κ1) is 16.0. The molecule has 3 heteroatoms. The van der Waals surface area contributed by atoms with Crippen LogP contribution in [0.1, 0.15) is 43.7 Å². The van der Waals surface area contributed by atoms with Gasteiger partial charge in [0, 0.05) is 18.2 Å². The maximum absolute atomic E-state index is 13.7. The molecule has 1 N–H and O–H groups in total. The van der Waals surface area contributed by atoms with Crippen molar-refractivity contribution in [2.24, 2.45) is 5.92 Å². The molecule has 0 unspecified atom stereocenters. The molecule has 1 fully saturated rings. The van der Waals surface area contributed by atoms with E-state index in [1.165, 1.54) is 31.7 Å². The second-order valence-electron chi connectivity index (χ2n) is 6.14. The van der Waals surface area contributed by atoms with Crippen LogP contribution in [-0.4, -0.2) is 29.7 Å². The fraction of sp³-hybridized carbons (Fsp3) is 0.556. The van der Waals surface area contributed by atoms with Gasteiger partial charge in [-0.3, -0.25) is 4.90 Å². The quantitative estimate of drug-likeness (QED) is 0.864. The number of nitrogens with zero attached hydrogens (tertiary/aromatic N) is 1. The van der Waals surface area contributed by atoms with Crippen molar-refractivity contribution in [3.63, 3.8) is 0 Å². The van der Waals surface area contributed by atoms with Crippen molar-refractivity contribution in [3.05, 3.63) is 35.1 Å². The number of aliphatic hydroxyl groups is 1. The zero-order valence-electron chi connectivity index (χ0n) is 12.9. The largest absolute Gasteiger partial charge is 0.384 e. The van der Waals surface area contributed by atoms with Gasteiger partial charge in [0.2, 0.25) is 0 Å². The van der Waals surface area contributed by atoms with Gasteiger partial charge in [-0.15, -0.1) is 0 Å². The van der Waals surface area contributed by atoms with Crippen molar-refractivity contribution in [1.82, 2.24) is 4.90 Å². The summed E-state index contributed by atoms with van der Waals surface area (Å²) >= 11 is 0. The Morgan fingerprint density at radius 2 is 1.95 bits per heavy atom. The summed E-state index contributed by atoms with van der Waals surface area (Å²) in [5.41, 5.74) is 1.57. The normalized spacial score (nSPS) is 22.0. The molecule has 2 nitrogen and oxygen atoms in total. The number of rotatable bonds is 3. The summed E-state index contributed by atoms with van der Waals surface area (Å²) in [5, 5.41) is 8.73. The molecule has 1 aliphatic rings. The van der Waals surface area contributed by atoms with Gasteiger partial charge in [-0.25, -0.2) is 4.39 Å². The number of halogens is 1. The van der Waals surface area contributed by atoms with Crippen molar-refractivity contribution in [2.75, 3.05) is 13.7 Å². The van der Waals surface area contributed by atoms with Crippen LogP contribution >= 0.6 is 0 Å². The van der Waals surface area contributed by atoms with E-state index in [1.807, 2.05) is 6.07 Å². The Balaban J connectivity index is 2.03. The standard InChI is InChI=1S/C18H24FNO/c1-14-5-7-18(8-6-14)20(2)13-16-10-15(4-3-9-21)11-17(19)12-16/h10-12,14,18,21H,5-9,13H2,1-2H3. The average Bonchev–Trinajstić information content (AvgIpc) is 2.45. The summed E-state index contributed by atoms with van der Waals surface area (Å²) in [6, 6.07) is 5.49. The Labute approximate surface area is 127 Å². The summed E-state index contributed by atoms with van der Waals surface area (Å²) in [4.78, 5) is 2.32. The topological polar surface area (TPSA) is 23.5 Å². The maximum atomic E-state index is 13.7. The third kappa shape index (κ3) is 4.84. The van der Waals surface area contributed by atoms with Crippen molar-refractivity contribution in [2.45, 2.75) is 45.2 Å². The molecule has 1 saturated carbocycles. The van der Waals surface area contributed by atoms with E-state index >= 15 is 0 Å². The first-order valence-electron chi connectivity index (χ1n) is 7.68. The molecule has 0 spiro atoms. The Bertz CT molecular complexity index is 524. The molecule has 0 amide bonds. The molecule has 21 heavy (non-hydrogen) atoms. The monoisotopic (exact) mass is 289 g/mol. The molecule has 0 saturated heterocycles. The predicted octanol–water partition coefficient (Wildman–Crippen LogP) is 3.18. The van der Waals surface area contributed by atoms with Crippen LogP contribution in [0, 0.1) is 23.6 Å². The van der Waals surface area contributed by atoms with Gasteiger partial charge in [-0.1, -0.05) is 18.8 Å². The molecular formula is C18H24FNO. The van der Waals surface area contributed by atoms with Crippen LogP contribution < -0.4 is 0 Å². The summed E-state index contributed by atoms with van der Waals surface area (Å²) in [5.74, 6) is 5.92. The fourth-order valence-corrected chi connectivity index (χ4v) is 3.06. The van der Waals surface area contributed by atoms with Crippen LogP contribution in [0.4, 0.5) is 4.39 Å². The van der Waals surface area contributed by atoms with Crippen LogP contribution in [0.3, 0.4) is 0 Å². The van der Waals surface area contributed by atoms with Crippen LogP contribution in [0.15, 0.2) is 18.2 Å². The van der Waals surface area contributed by atoms with E-state index in [0.29, 0.717) is 11.6 Å². The summed E-state index contributed by atoms with van der Waals surface area (Å²) in [6.07, 6.45) is 5.02. The average molecular weight is 289 g/mol. The Morgan fingerprint density at radius 3 is 2.62 bits per heavy atom. The van der Waals surface area contributed by atoms with Crippen LogP contribution in [-0.2, 0) is 6.54 Å². The number of benzene rings is 1. The first-order chi connectivity index (χ1) is 10.1. The second kappa shape index (κ2) is 7.59. The van der Waals surface area contributed by atoms with E-state index in [-0.39, 0.29) is 12.4 Å². The van der Waals surface area contributed by atoms with E-state index in [9.17, 15) is 4.39 Å². The third-order valence-electron chi connectivity index (χ3n) is 4.31. The van der Waals surface area contributed by atoms with Gasteiger partial charge in [0.25, 0.3) is 0 Å². The Kier molecular flexibility index (Phi) is 5.78. The zero-order chi connectivity index (χ0) is 15.2. The first-order valence-corrected chi connectivity index (χ1v) is 7.68. The van der Waals surface area contributed by atoms with Crippen LogP contribution in [0.5, 0.6) is 0 Å². The van der Waals surface area contributed by atoms with E-state index < -0.39 is 0 Å². The highest BCUT2D eigenvalue weighted by molar-refractivity contribution is 5.37. The Hall–Kier alpha value is -1.37. The molecule has 0 aliphatic heterocycles. The zero-order valence-corrected chi connectivity index (χ0v) is 12.9. The van der Waals surface area contributed by atoms with Gasteiger partial charge in [0.05, 0.1) is 0 Å². The second-order valence-corrected chi connectivity index (χ2v) is 6.14. The molecule has 1 aromatic carbocycles. The maximum Gasteiger partial charge on any atom is 0.124 e. The Morgan fingerprint density at radius 1 is 1.24 bits per heavy atom. The molecule has 0 heterocycles. The van der Waals surface area contributed by atoms with E-state index in [2.05, 4.69) is 30.7 Å². The smallest absolute Gasteiger partial charge is 0.124 e. The van der Waals surface area contributed by atoms with E-state index in [0.717, 1.165) is 18.0 Å². The third-order valence-corrected chi connectivity index (χ3v) is 4.31. The minimum Gasteiger partial charge on any atom is -0.384 e. The molecule has 0 atom stereocenters. The van der Waals surface area contributed by atoms with Gasteiger partial charge >= 0.3 is 0 Å².